The van der Waals surface area contributed by atoms with Crippen molar-refractivity contribution >= 4 is 5.69 Å². The van der Waals surface area contributed by atoms with Crippen LogP contribution in [0.4, 0.5) is 5.69 Å². The predicted molar refractivity (Wildman–Crippen MR) is 90.4 cm³/mol. The topological polar surface area (TPSA) is 39.2 Å². The van der Waals surface area contributed by atoms with Gasteiger partial charge < -0.3 is 14.7 Å². The summed E-state index contributed by atoms with van der Waals surface area (Å²) in [5.74, 6) is 0. The summed E-state index contributed by atoms with van der Waals surface area (Å²) < 4.78 is 5.33. The number of anilines is 1. The number of hydrogen-bond donors (Lipinski definition) is 1. The van der Waals surface area contributed by atoms with E-state index in [1.165, 1.54) is 11.3 Å². The molecule has 1 aliphatic heterocycles. The Morgan fingerprint density at radius 2 is 1.77 bits per heavy atom. The van der Waals surface area contributed by atoms with Crippen LogP contribution < -0.4 is 4.90 Å². The minimum absolute atomic E-state index is 0.316. The van der Waals surface area contributed by atoms with Gasteiger partial charge in [-0.05, 0) is 24.7 Å². The van der Waals surface area contributed by atoms with E-state index in [2.05, 4.69) is 46.0 Å². The van der Waals surface area contributed by atoms with E-state index < -0.39 is 0 Å². The maximum Gasteiger partial charge on any atom is 0.0793 e. The number of β-amino-alcohol motifs (C(OH)–C–C–N with tert-alkyl or cyclic N) is 1. The van der Waals surface area contributed by atoms with E-state index in [1.807, 2.05) is 14.1 Å². The number of likely N-dealkylation sites (N-methyl/N-ethyl adjacent to an activating group) is 1. The third kappa shape index (κ3) is 5.57. The van der Waals surface area contributed by atoms with Crippen LogP contribution in [0.1, 0.15) is 5.56 Å². The van der Waals surface area contributed by atoms with Crippen molar-refractivity contribution in [2.45, 2.75) is 12.6 Å². The number of hydrogen-bond acceptors (Lipinski definition) is 5. The van der Waals surface area contributed by atoms with Crippen LogP contribution in [0, 0.1) is 0 Å². The zero-order chi connectivity index (χ0) is 15.9. The second-order valence-corrected chi connectivity index (χ2v) is 6.32. The van der Waals surface area contributed by atoms with Crippen LogP contribution in [-0.2, 0) is 11.3 Å². The molecule has 1 fully saturated rings. The smallest absolute Gasteiger partial charge is 0.0793 e. The van der Waals surface area contributed by atoms with Gasteiger partial charge >= 0.3 is 0 Å². The van der Waals surface area contributed by atoms with Gasteiger partial charge in [0.2, 0.25) is 0 Å². The number of aliphatic hydroxyl groups excluding tert-OH is 1. The first-order valence-electron chi connectivity index (χ1n) is 7.97. The van der Waals surface area contributed by atoms with Gasteiger partial charge in [-0.1, -0.05) is 12.1 Å². The summed E-state index contributed by atoms with van der Waals surface area (Å²) in [7, 11) is 6.15. The van der Waals surface area contributed by atoms with E-state index in [0.29, 0.717) is 6.54 Å². The standard InChI is InChI=1S/C17H29N3O2/c1-18(2)16-6-4-15(5-7-16)12-19(3)13-17(21)14-20-8-10-22-11-9-20/h4-7,17,21H,8-14H2,1-3H3. The van der Waals surface area contributed by atoms with Crippen LogP contribution in [0.25, 0.3) is 0 Å². The van der Waals surface area contributed by atoms with Gasteiger partial charge in [0, 0.05) is 52.5 Å². The fraction of sp³-hybridized carbons (Fsp3) is 0.647. The molecular weight excluding hydrogens is 278 g/mol. The van der Waals surface area contributed by atoms with Crippen molar-refractivity contribution in [1.82, 2.24) is 9.80 Å². The Morgan fingerprint density at radius 1 is 1.14 bits per heavy atom. The van der Waals surface area contributed by atoms with E-state index >= 15 is 0 Å². The van der Waals surface area contributed by atoms with Crippen molar-refractivity contribution in [2.24, 2.45) is 0 Å². The third-order valence-corrected chi connectivity index (χ3v) is 4.00. The molecule has 1 aromatic rings. The van der Waals surface area contributed by atoms with E-state index in [4.69, 9.17) is 4.74 Å². The Labute approximate surface area is 134 Å². The lowest BCUT2D eigenvalue weighted by atomic mass is 10.2. The minimum Gasteiger partial charge on any atom is -0.390 e. The molecule has 1 atom stereocenters. The molecule has 5 nitrogen and oxygen atoms in total. The first kappa shape index (κ1) is 17.2. The number of nitrogens with zero attached hydrogens (tertiary/aromatic N) is 3. The monoisotopic (exact) mass is 307 g/mol. The van der Waals surface area contributed by atoms with Gasteiger partial charge in [0.1, 0.15) is 0 Å². The number of morpholine rings is 1. The first-order valence-corrected chi connectivity index (χ1v) is 7.97. The number of benzene rings is 1. The van der Waals surface area contributed by atoms with Crippen LogP contribution in [0.15, 0.2) is 24.3 Å². The van der Waals surface area contributed by atoms with E-state index in [-0.39, 0.29) is 6.10 Å². The van der Waals surface area contributed by atoms with Crippen LogP contribution in [-0.4, -0.2) is 81.5 Å². The molecule has 2 rings (SSSR count). The molecule has 1 saturated heterocycles. The van der Waals surface area contributed by atoms with E-state index in [1.54, 1.807) is 0 Å². The van der Waals surface area contributed by atoms with Crippen LogP contribution in [0.2, 0.25) is 0 Å². The highest BCUT2D eigenvalue weighted by Crippen LogP contribution is 2.13. The number of rotatable bonds is 7. The quantitative estimate of drug-likeness (QED) is 0.809. The molecule has 0 saturated carbocycles. The molecule has 0 aliphatic carbocycles. The molecule has 0 aromatic heterocycles. The zero-order valence-corrected chi connectivity index (χ0v) is 14.0. The van der Waals surface area contributed by atoms with Gasteiger partial charge in [-0.25, -0.2) is 0 Å². The van der Waals surface area contributed by atoms with Gasteiger partial charge in [-0.15, -0.1) is 0 Å². The Morgan fingerprint density at radius 3 is 2.36 bits per heavy atom. The summed E-state index contributed by atoms with van der Waals surface area (Å²) in [5, 5.41) is 10.2. The Kier molecular flexibility index (Phi) is 6.64. The Balaban J connectivity index is 1.75. The molecule has 124 valence electrons. The molecule has 0 spiro atoms. The fourth-order valence-electron chi connectivity index (χ4n) is 2.78. The highest BCUT2D eigenvalue weighted by Gasteiger charge is 2.16. The maximum absolute atomic E-state index is 10.2. The molecule has 0 radical (unpaired) electrons. The van der Waals surface area contributed by atoms with Crippen LogP contribution in [0.3, 0.4) is 0 Å². The van der Waals surface area contributed by atoms with Gasteiger partial charge in [-0.3, -0.25) is 9.80 Å². The lowest BCUT2D eigenvalue weighted by molar-refractivity contribution is 0.00825. The third-order valence-electron chi connectivity index (χ3n) is 4.00. The van der Waals surface area contributed by atoms with Crippen molar-refractivity contribution in [3.63, 3.8) is 0 Å². The van der Waals surface area contributed by atoms with Crippen molar-refractivity contribution in [3.8, 4) is 0 Å². The maximum atomic E-state index is 10.2. The van der Waals surface area contributed by atoms with Crippen LogP contribution >= 0.6 is 0 Å². The summed E-state index contributed by atoms with van der Waals surface area (Å²) in [6.07, 6.45) is -0.316. The normalized spacial score (nSPS) is 17.7. The lowest BCUT2D eigenvalue weighted by Gasteiger charge is -2.30. The average molecular weight is 307 g/mol. The molecule has 1 N–H and O–H groups in total. The largest absolute Gasteiger partial charge is 0.390 e. The Hall–Kier alpha value is -1.14. The van der Waals surface area contributed by atoms with Crippen LogP contribution in [0.5, 0.6) is 0 Å². The molecule has 0 amide bonds. The number of aliphatic hydroxyl groups is 1. The van der Waals surface area contributed by atoms with E-state index in [0.717, 1.165) is 39.4 Å². The highest BCUT2D eigenvalue weighted by molar-refractivity contribution is 5.45. The summed E-state index contributed by atoms with van der Waals surface area (Å²) in [6.45, 7) is 5.68. The molecular formula is C17H29N3O2. The van der Waals surface area contributed by atoms with Gasteiger partial charge in [0.15, 0.2) is 0 Å². The van der Waals surface area contributed by atoms with Gasteiger partial charge in [-0.2, -0.15) is 0 Å². The summed E-state index contributed by atoms with van der Waals surface area (Å²) >= 11 is 0. The van der Waals surface area contributed by atoms with Crippen molar-refractivity contribution in [1.29, 1.82) is 0 Å². The van der Waals surface area contributed by atoms with Crippen molar-refractivity contribution < 1.29 is 9.84 Å². The first-order chi connectivity index (χ1) is 10.5. The lowest BCUT2D eigenvalue weighted by Crippen LogP contribution is -2.43. The molecule has 0 bridgehead atoms. The van der Waals surface area contributed by atoms with E-state index in [9.17, 15) is 5.11 Å². The van der Waals surface area contributed by atoms with Crippen molar-refractivity contribution in [3.05, 3.63) is 29.8 Å². The molecule has 22 heavy (non-hydrogen) atoms. The summed E-state index contributed by atoms with van der Waals surface area (Å²) in [4.78, 5) is 6.54. The molecule has 1 aliphatic rings. The minimum atomic E-state index is -0.316. The molecule has 1 unspecified atom stereocenters. The predicted octanol–water partition coefficient (Wildman–Crippen LogP) is 0.878. The highest BCUT2D eigenvalue weighted by atomic mass is 16.5. The summed E-state index contributed by atoms with van der Waals surface area (Å²) in [6, 6.07) is 8.57. The van der Waals surface area contributed by atoms with Gasteiger partial charge in [0.05, 0.1) is 19.3 Å². The van der Waals surface area contributed by atoms with Crippen molar-refractivity contribution in [2.75, 3.05) is 65.4 Å². The second-order valence-electron chi connectivity index (χ2n) is 6.32. The fourth-order valence-corrected chi connectivity index (χ4v) is 2.78. The van der Waals surface area contributed by atoms with Gasteiger partial charge in [0.25, 0.3) is 0 Å². The average Bonchev–Trinajstić information content (AvgIpc) is 2.48. The molecule has 1 heterocycles. The molecule has 1 aromatic carbocycles. The second kappa shape index (κ2) is 8.48. The Bertz CT molecular complexity index is 430. The zero-order valence-electron chi connectivity index (χ0n) is 14.0. The summed E-state index contributed by atoms with van der Waals surface area (Å²) in [5.41, 5.74) is 2.48. The number of ether oxygens (including phenoxy) is 1. The molecule has 5 heteroatoms. The SMILES string of the molecule is CN(Cc1ccc(N(C)C)cc1)CC(O)CN1CCOCC1.